The van der Waals surface area contributed by atoms with Gasteiger partial charge in [-0.05, 0) is 32.0 Å². The fourth-order valence-corrected chi connectivity index (χ4v) is 2.21. The molecule has 0 bridgehead atoms. The maximum atomic E-state index is 12.9. The Morgan fingerprint density at radius 1 is 1.25 bits per heavy atom. The Labute approximate surface area is 92.2 Å². The average Bonchev–Trinajstić information content (AvgIpc) is 2.21. The van der Waals surface area contributed by atoms with Crippen LogP contribution in [-0.2, 0) is 9.84 Å². The lowest BCUT2D eigenvalue weighted by Crippen LogP contribution is -2.30. The highest BCUT2D eigenvalue weighted by molar-refractivity contribution is 7.93. The molecular weight excluding hydrogens is 236 g/mol. The number of nitrogens with zero attached hydrogens (tertiary/aromatic N) is 1. The SMILES string of the molecule is CC(C)(C#N)S(=O)(=O)c1ccc(F)c(F)c1. The molecule has 0 fully saturated rings. The highest BCUT2D eigenvalue weighted by atomic mass is 32.2. The quantitative estimate of drug-likeness (QED) is 0.749. The summed E-state index contributed by atoms with van der Waals surface area (Å²) in [4.78, 5) is -0.405. The van der Waals surface area contributed by atoms with E-state index in [1.54, 1.807) is 6.07 Å². The molecule has 16 heavy (non-hydrogen) atoms. The summed E-state index contributed by atoms with van der Waals surface area (Å²) in [6, 6.07) is 3.84. The number of nitriles is 1. The Hall–Kier alpha value is -1.48. The van der Waals surface area contributed by atoms with Crippen LogP contribution >= 0.6 is 0 Å². The van der Waals surface area contributed by atoms with E-state index in [-0.39, 0.29) is 0 Å². The molecular formula is C10H9F2NO2S. The fourth-order valence-electron chi connectivity index (χ4n) is 0.999. The lowest BCUT2D eigenvalue weighted by molar-refractivity contribution is 0.504. The molecule has 1 aromatic rings. The van der Waals surface area contributed by atoms with Crippen molar-refractivity contribution in [2.24, 2.45) is 0 Å². The van der Waals surface area contributed by atoms with Gasteiger partial charge in [0.25, 0.3) is 0 Å². The van der Waals surface area contributed by atoms with Crippen LogP contribution in [0.3, 0.4) is 0 Å². The van der Waals surface area contributed by atoms with E-state index >= 15 is 0 Å². The maximum absolute atomic E-state index is 12.9. The zero-order valence-corrected chi connectivity index (χ0v) is 9.48. The van der Waals surface area contributed by atoms with E-state index in [0.29, 0.717) is 6.07 Å². The first-order valence-electron chi connectivity index (χ1n) is 4.33. The van der Waals surface area contributed by atoms with E-state index in [4.69, 9.17) is 5.26 Å². The first-order chi connectivity index (χ1) is 7.22. The summed E-state index contributed by atoms with van der Waals surface area (Å²) in [6.45, 7) is 2.40. The molecule has 0 atom stereocenters. The standard InChI is InChI=1S/C10H9F2NO2S/c1-10(2,6-13)16(14,15)7-3-4-8(11)9(12)5-7/h3-5H,1-2H3. The third-order valence-electron chi connectivity index (χ3n) is 2.14. The van der Waals surface area contributed by atoms with Crippen LogP contribution in [-0.4, -0.2) is 13.2 Å². The minimum absolute atomic E-state index is 0.405. The van der Waals surface area contributed by atoms with Gasteiger partial charge in [-0.25, -0.2) is 17.2 Å². The molecule has 0 aliphatic rings. The zero-order chi connectivity index (χ0) is 12.6. The predicted octanol–water partition coefficient (Wildman–Crippen LogP) is 2.04. The van der Waals surface area contributed by atoms with Gasteiger partial charge in [-0.1, -0.05) is 0 Å². The Bertz CT molecular complexity index is 559. The molecule has 0 heterocycles. The topological polar surface area (TPSA) is 57.9 Å². The van der Waals surface area contributed by atoms with Crippen LogP contribution in [0, 0.1) is 23.0 Å². The molecule has 6 heteroatoms. The molecule has 3 nitrogen and oxygen atoms in total. The third kappa shape index (κ3) is 1.91. The molecule has 0 unspecified atom stereocenters. The monoisotopic (exact) mass is 245 g/mol. The van der Waals surface area contributed by atoms with Crippen molar-refractivity contribution in [3.8, 4) is 6.07 Å². The molecule has 0 N–H and O–H groups in total. The average molecular weight is 245 g/mol. The predicted molar refractivity (Wildman–Crippen MR) is 53.2 cm³/mol. The van der Waals surface area contributed by atoms with Gasteiger partial charge in [-0.2, -0.15) is 5.26 Å². The second kappa shape index (κ2) is 3.83. The van der Waals surface area contributed by atoms with Gasteiger partial charge in [0.15, 0.2) is 26.2 Å². The van der Waals surface area contributed by atoms with Crippen molar-refractivity contribution in [1.29, 1.82) is 5.26 Å². The number of hydrogen-bond donors (Lipinski definition) is 0. The largest absolute Gasteiger partial charge is 0.222 e. The first kappa shape index (κ1) is 12.6. The number of halogens is 2. The molecule has 0 aliphatic carbocycles. The Morgan fingerprint density at radius 2 is 1.81 bits per heavy atom. The van der Waals surface area contributed by atoms with Gasteiger partial charge in [0, 0.05) is 0 Å². The molecule has 86 valence electrons. The van der Waals surface area contributed by atoms with Crippen molar-refractivity contribution in [2.75, 3.05) is 0 Å². The molecule has 0 radical (unpaired) electrons. The third-order valence-corrected chi connectivity index (χ3v) is 4.45. The minimum atomic E-state index is -4.00. The Kier molecular flexibility index (Phi) is 3.01. The smallest absolute Gasteiger partial charge is 0.196 e. The summed E-state index contributed by atoms with van der Waals surface area (Å²) in [7, 11) is -4.00. The number of rotatable bonds is 2. The molecule has 0 saturated carbocycles. The zero-order valence-electron chi connectivity index (χ0n) is 8.66. The molecule has 0 aliphatic heterocycles. The van der Waals surface area contributed by atoms with Crippen LogP contribution in [0.4, 0.5) is 8.78 Å². The molecule has 0 saturated heterocycles. The summed E-state index contributed by atoms with van der Waals surface area (Å²) in [5, 5.41) is 8.72. The van der Waals surface area contributed by atoms with Crippen molar-refractivity contribution < 1.29 is 17.2 Å². The van der Waals surface area contributed by atoms with Gasteiger partial charge in [0.1, 0.15) is 0 Å². The van der Waals surface area contributed by atoms with Crippen LogP contribution in [0.5, 0.6) is 0 Å². The molecule has 0 spiro atoms. The van der Waals surface area contributed by atoms with Crippen molar-refractivity contribution >= 4 is 9.84 Å². The van der Waals surface area contributed by atoms with E-state index in [1.165, 1.54) is 13.8 Å². The van der Waals surface area contributed by atoms with Gasteiger partial charge in [0.2, 0.25) is 0 Å². The van der Waals surface area contributed by atoms with Gasteiger partial charge in [-0.15, -0.1) is 0 Å². The number of sulfone groups is 1. The summed E-state index contributed by atoms with van der Waals surface area (Å²) in [5.41, 5.74) is 0. The van der Waals surface area contributed by atoms with E-state index in [1.807, 2.05) is 0 Å². The summed E-state index contributed by atoms with van der Waals surface area (Å²) in [6.07, 6.45) is 0. The lowest BCUT2D eigenvalue weighted by atomic mass is 10.2. The van der Waals surface area contributed by atoms with E-state index in [0.717, 1.165) is 12.1 Å². The Morgan fingerprint density at radius 3 is 2.25 bits per heavy atom. The highest BCUT2D eigenvalue weighted by Crippen LogP contribution is 2.25. The van der Waals surface area contributed by atoms with Crippen LogP contribution < -0.4 is 0 Å². The van der Waals surface area contributed by atoms with Crippen molar-refractivity contribution in [3.05, 3.63) is 29.8 Å². The van der Waals surface area contributed by atoms with Crippen LogP contribution in [0.2, 0.25) is 0 Å². The highest BCUT2D eigenvalue weighted by Gasteiger charge is 2.36. The number of hydrogen-bond acceptors (Lipinski definition) is 3. The molecule has 1 rings (SSSR count). The summed E-state index contributed by atoms with van der Waals surface area (Å²) >= 11 is 0. The molecule has 1 aromatic carbocycles. The van der Waals surface area contributed by atoms with Gasteiger partial charge in [0.05, 0.1) is 11.0 Å². The minimum Gasteiger partial charge on any atom is -0.222 e. The molecule has 0 amide bonds. The Balaban J connectivity index is 3.41. The van der Waals surface area contributed by atoms with Crippen LogP contribution in [0.15, 0.2) is 23.1 Å². The van der Waals surface area contributed by atoms with E-state index < -0.39 is 31.1 Å². The molecule has 0 aromatic heterocycles. The summed E-state index contributed by atoms with van der Waals surface area (Å²) in [5.74, 6) is -2.39. The van der Waals surface area contributed by atoms with Crippen LogP contribution in [0.1, 0.15) is 13.8 Å². The van der Waals surface area contributed by atoms with Crippen LogP contribution in [0.25, 0.3) is 0 Å². The van der Waals surface area contributed by atoms with Crippen molar-refractivity contribution in [2.45, 2.75) is 23.5 Å². The van der Waals surface area contributed by atoms with Crippen molar-refractivity contribution in [3.63, 3.8) is 0 Å². The fraction of sp³-hybridized carbons (Fsp3) is 0.300. The van der Waals surface area contributed by atoms with Gasteiger partial charge in [-0.3, -0.25) is 0 Å². The van der Waals surface area contributed by atoms with Gasteiger partial charge >= 0.3 is 0 Å². The lowest BCUT2D eigenvalue weighted by Gasteiger charge is -2.16. The second-order valence-electron chi connectivity index (χ2n) is 3.70. The number of benzene rings is 1. The van der Waals surface area contributed by atoms with E-state index in [2.05, 4.69) is 0 Å². The van der Waals surface area contributed by atoms with Crippen molar-refractivity contribution in [1.82, 2.24) is 0 Å². The summed E-state index contributed by atoms with van der Waals surface area (Å²) < 4.78 is 47.5. The maximum Gasteiger partial charge on any atom is 0.196 e. The second-order valence-corrected chi connectivity index (χ2v) is 6.20. The first-order valence-corrected chi connectivity index (χ1v) is 5.81. The normalized spacial score (nSPS) is 12.2. The van der Waals surface area contributed by atoms with E-state index in [9.17, 15) is 17.2 Å². The van der Waals surface area contributed by atoms with Gasteiger partial charge < -0.3 is 0 Å².